The van der Waals surface area contributed by atoms with Crippen molar-refractivity contribution in [3.8, 4) is 29.2 Å². The second-order valence-electron chi connectivity index (χ2n) is 7.35. The zero-order chi connectivity index (χ0) is 20.4. The van der Waals surface area contributed by atoms with E-state index >= 15 is 0 Å². The molecular weight excluding hydrogens is 372 g/mol. The predicted molar refractivity (Wildman–Crippen MR) is 106 cm³/mol. The number of rotatable bonds is 4. The average molecular weight is 394 g/mol. The third-order valence-electron chi connectivity index (χ3n) is 4.67. The largest absolute Gasteiger partial charge is 0.445 e. The molecule has 2 N–H and O–H groups in total. The van der Waals surface area contributed by atoms with Crippen LogP contribution in [0.5, 0.6) is 23.1 Å². The molecule has 2 aliphatic heterocycles. The molecule has 3 heterocycles. The molecule has 0 aliphatic carbocycles. The number of fused-ring (bicyclic) bond motifs is 2. The number of aromatic nitrogens is 1. The van der Waals surface area contributed by atoms with Crippen molar-refractivity contribution < 1.29 is 19.0 Å². The van der Waals surface area contributed by atoms with Gasteiger partial charge in [-0.1, -0.05) is 0 Å². The van der Waals surface area contributed by atoms with E-state index in [1.165, 1.54) is 6.20 Å². The zero-order valence-corrected chi connectivity index (χ0v) is 16.3. The van der Waals surface area contributed by atoms with Gasteiger partial charge in [-0.25, -0.2) is 4.98 Å². The van der Waals surface area contributed by atoms with Gasteiger partial charge in [-0.15, -0.1) is 0 Å². The van der Waals surface area contributed by atoms with Gasteiger partial charge in [-0.2, -0.15) is 5.26 Å². The third kappa shape index (κ3) is 3.96. The van der Waals surface area contributed by atoms with E-state index in [9.17, 15) is 4.79 Å². The number of hydrogen-bond acceptors (Lipinski definition) is 7. The summed E-state index contributed by atoms with van der Waals surface area (Å²) < 4.78 is 17.3. The van der Waals surface area contributed by atoms with E-state index in [0.29, 0.717) is 40.7 Å². The molecule has 1 unspecified atom stereocenters. The van der Waals surface area contributed by atoms with Crippen LogP contribution in [0.25, 0.3) is 0 Å². The Kier molecular flexibility index (Phi) is 5.23. The first kappa shape index (κ1) is 19.0. The summed E-state index contributed by atoms with van der Waals surface area (Å²) in [7, 11) is 0. The van der Waals surface area contributed by atoms with Crippen molar-refractivity contribution in [2.24, 2.45) is 0 Å². The highest BCUT2D eigenvalue weighted by Crippen LogP contribution is 2.49. The zero-order valence-electron chi connectivity index (χ0n) is 16.3. The molecule has 0 spiro atoms. The van der Waals surface area contributed by atoms with Crippen LogP contribution in [0.2, 0.25) is 0 Å². The Balaban J connectivity index is 1.69. The molecule has 1 fully saturated rings. The van der Waals surface area contributed by atoms with Crippen molar-refractivity contribution in [1.29, 1.82) is 5.26 Å². The maximum atomic E-state index is 13.0. The topological polar surface area (TPSA) is 106 Å². The van der Waals surface area contributed by atoms with E-state index in [4.69, 9.17) is 19.5 Å². The van der Waals surface area contributed by atoms with Crippen molar-refractivity contribution in [3.05, 3.63) is 35.5 Å². The number of nitriles is 1. The molecule has 1 aromatic heterocycles. The van der Waals surface area contributed by atoms with Crippen LogP contribution in [0, 0.1) is 11.3 Å². The number of nitrogens with zero attached hydrogens (tertiary/aromatic N) is 2. The summed E-state index contributed by atoms with van der Waals surface area (Å²) in [6.07, 6.45) is 3.28. The predicted octanol–water partition coefficient (Wildman–Crippen LogP) is 3.58. The Morgan fingerprint density at radius 1 is 1.31 bits per heavy atom. The second-order valence-corrected chi connectivity index (χ2v) is 7.35. The number of carbonyl (C=O) groups excluding carboxylic acids is 1. The van der Waals surface area contributed by atoms with Gasteiger partial charge in [0.1, 0.15) is 0 Å². The van der Waals surface area contributed by atoms with Gasteiger partial charge in [0.05, 0.1) is 35.5 Å². The Bertz CT molecular complexity index is 977. The number of hydrogen-bond donors (Lipinski definition) is 2. The van der Waals surface area contributed by atoms with Crippen molar-refractivity contribution in [3.63, 3.8) is 0 Å². The fourth-order valence-corrected chi connectivity index (χ4v) is 3.32. The third-order valence-corrected chi connectivity index (χ3v) is 4.67. The number of pyridine rings is 1. The maximum Gasteiger partial charge on any atom is 0.265 e. The number of ether oxygens (including phenoxy) is 3. The summed E-state index contributed by atoms with van der Waals surface area (Å²) in [4.78, 5) is 17.3. The molecule has 4 rings (SSSR count). The van der Waals surface area contributed by atoms with Gasteiger partial charge in [-0.3, -0.25) is 4.79 Å². The van der Waals surface area contributed by atoms with Gasteiger partial charge in [-0.05, 0) is 38.8 Å². The molecule has 8 nitrogen and oxygen atoms in total. The first-order valence-corrected chi connectivity index (χ1v) is 9.63. The molecule has 29 heavy (non-hydrogen) atoms. The van der Waals surface area contributed by atoms with Crippen LogP contribution in [0.1, 0.15) is 42.6 Å². The van der Waals surface area contributed by atoms with Crippen LogP contribution in [0.3, 0.4) is 0 Å². The summed E-state index contributed by atoms with van der Waals surface area (Å²) in [6, 6.07) is 7.00. The van der Waals surface area contributed by atoms with Crippen LogP contribution in [-0.2, 0) is 4.74 Å². The number of benzene rings is 1. The minimum Gasteiger partial charge on any atom is -0.445 e. The molecule has 1 saturated heterocycles. The number of anilines is 1. The van der Waals surface area contributed by atoms with Crippen molar-refractivity contribution in [2.45, 2.75) is 38.8 Å². The van der Waals surface area contributed by atoms with E-state index in [2.05, 4.69) is 21.7 Å². The summed E-state index contributed by atoms with van der Waals surface area (Å²) in [6.45, 7) is 5.16. The normalized spacial score (nSPS) is 17.2. The Morgan fingerprint density at radius 3 is 2.90 bits per heavy atom. The van der Waals surface area contributed by atoms with Gasteiger partial charge in [0.2, 0.25) is 5.75 Å². The molecule has 0 bridgehead atoms. The van der Waals surface area contributed by atoms with Gasteiger partial charge in [0.15, 0.2) is 11.5 Å². The Hall–Kier alpha value is -3.31. The molecule has 0 saturated carbocycles. The van der Waals surface area contributed by atoms with Gasteiger partial charge >= 0.3 is 0 Å². The molecule has 1 atom stereocenters. The smallest absolute Gasteiger partial charge is 0.265 e. The van der Waals surface area contributed by atoms with Crippen molar-refractivity contribution in [2.75, 3.05) is 18.5 Å². The molecule has 2 aromatic rings. The van der Waals surface area contributed by atoms with E-state index in [0.717, 1.165) is 19.4 Å². The van der Waals surface area contributed by atoms with Crippen LogP contribution < -0.4 is 20.1 Å². The highest BCUT2D eigenvalue weighted by Gasteiger charge is 2.29. The second kappa shape index (κ2) is 7.97. The monoisotopic (exact) mass is 394 g/mol. The Labute approximate surface area is 168 Å². The average Bonchev–Trinajstić information content (AvgIpc) is 2.72. The lowest BCUT2D eigenvalue weighted by molar-refractivity contribution is 0.0624. The van der Waals surface area contributed by atoms with Crippen molar-refractivity contribution in [1.82, 2.24) is 10.3 Å². The molecule has 0 radical (unpaired) electrons. The highest BCUT2D eigenvalue weighted by atomic mass is 16.6. The van der Waals surface area contributed by atoms with Crippen molar-refractivity contribution >= 4 is 11.6 Å². The molecule has 1 aromatic carbocycles. The summed E-state index contributed by atoms with van der Waals surface area (Å²) >= 11 is 0. The summed E-state index contributed by atoms with van der Waals surface area (Å²) in [5.41, 5.74) is 1.33. The number of nitrogens with one attached hydrogen (secondary N) is 2. The van der Waals surface area contributed by atoms with E-state index in [1.807, 2.05) is 13.8 Å². The first-order chi connectivity index (χ1) is 14.0. The van der Waals surface area contributed by atoms with E-state index in [1.54, 1.807) is 18.2 Å². The SMILES string of the molecule is CC(C)Nc1c(C(=O)NC2CCCOC2)cnc2c1Oc1cc(C#N)ccc1O2. The maximum absolute atomic E-state index is 13.0. The Morgan fingerprint density at radius 2 is 2.17 bits per heavy atom. The lowest BCUT2D eigenvalue weighted by Gasteiger charge is -2.26. The molecule has 150 valence electrons. The first-order valence-electron chi connectivity index (χ1n) is 9.63. The van der Waals surface area contributed by atoms with Crippen LogP contribution in [-0.4, -0.2) is 36.2 Å². The molecule has 2 aliphatic rings. The highest BCUT2D eigenvalue weighted by molar-refractivity contribution is 6.01. The van der Waals surface area contributed by atoms with Crippen LogP contribution >= 0.6 is 0 Å². The molecule has 1 amide bonds. The fourth-order valence-electron chi connectivity index (χ4n) is 3.32. The summed E-state index contributed by atoms with van der Waals surface area (Å²) in [5, 5.41) is 15.4. The number of amides is 1. The van der Waals surface area contributed by atoms with Gasteiger partial charge < -0.3 is 24.8 Å². The van der Waals surface area contributed by atoms with Gasteiger partial charge in [0.25, 0.3) is 11.8 Å². The molecule has 8 heteroatoms. The lowest BCUT2D eigenvalue weighted by atomic mass is 10.1. The summed E-state index contributed by atoms with van der Waals surface area (Å²) in [5.74, 6) is 1.22. The molecular formula is C21H22N4O4. The quantitative estimate of drug-likeness (QED) is 0.697. The van der Waals surface area contributed by atoms with Crippen LogP contribution in [0.4, 0.5) is 5.69 Å². The van der Waals surface area contributed by atoms with Crippen LogP contribution in [0.15, 0.2) is 24.4 Å². The fraction of sp³-hybridized carbons (Fsp3) is 0.381. The van der Waals surface area contributed by atoms with E-state index < -0.39 is 0 Å². The van der Waals surface area contributed by atoms with Gasteiger partial charge in [0, 0.05) is 24.9 Å². The van der Waals surface area contributed by atoms with E-state index in [-0.39, 0.29) is 23.9 Å². The number of carbonyl (C=O) groups is 1. The lowest BCUT2D eigenvalue weighted by Crippen LogP contribution is -2.41. The minimum absolute atomic E-state index is 0.0322. The minimum atomic E-state index is -0.251. The standard InChI is InChI=1S/C21H22N4O4/c1-12(2)24-18-15(20(26)25-14-4-3-7-27-11-14)10-23-21-19(18)28-17-8-13(9-22)5-6-16(17)29-21/h5-6,8,10,12,14H,3-4,7,11H2,1-2H3,(H,23,24)(H,25,26).